The zero-order valence-electron chi connectivity index (χ0n) is 10.1. The highest BCUT2D eigenvalue weighted by molar-refractivity contribution is 8.00. The van der Waals surface area contributed by atoms with Crippen LogP contribution in [0.5, 0.6) is 0 Å². The molecule has 0 aromatic carbocycles. The van der Waals surface area contributed by atoms with Crippen molar-refractivity contribution in [3.05, 3.63) is 0 Å². The number of nitrogens with one attached hydrogen (secondary N) is 1. The molecule has 2 rings (SSSR count). The van der Waals surface area contributed by atoms with Crippen LogP contribution in [0.1, 0.15) is 38.5 Å². The van der Waals surface area contributed by atoms with E-state index >= 15 is 0 Å². The number of carbonyl (C=O) groups excluding carboxylic acids is 1. The molecule has 0 aromatic rings. The van der Waals surface area contributed by atoms with E-state index in [0.29, 0.717) is 17.7 Å². The lowest BCUT2D eigenvalue weighted by molar-refractivity contribution is -0.124. The number of rotatable bonds is 6. The molecule has 2 fully saturated rings. The molecule has 0 aliphatic heterocycles. The fourth-order valence-electron chi connectivity index (χ4n) is 2.39. The SMILES string of the molecule is CSC1(CNC(=O)CC2(CN)CCC2)CC1. The van der Waals surface area contributed by atoms with E-state index in [2.05, 4.69) is 11.6 Å². The Morgan fingerprint density at radius 2 is 2.06 bits per heavy atom. The van der Waals surface area contributed by atoms with Gasteiger partial charge in [0.05, 0.1) is 0 Å². The predicted molar refractivity (Wildman–Crippen MR) is 68.4 cm³/mol. The maximum absolute atomic E-state index is 11.8. The number of hydrogen-bond donors (Lipinski definition) is 2. The molecule has 3 N–H and O–H groups in total. The molecule has 0 atom stereocenters. The first-order valence-corrected chi connectivity index (χ1v) is 7.38. The summed E-state index contributed by atoms with van der Waals surface area (Å²) in [7, 11) is 0. The second kappa shape index (κ2) is 4.57. The van der Waals surface area contributed by atoms with Crippen molar-refractivity contribution in [1.82, 2.24) is 5.32 Å². The van der Waals surface area contributed by atoms with E-state index in [-0.39, 0.29) is 11.3 Å². The maximum atomic E-state index is 11.8. The quantitative estimate of drug-likeness (QED) is 0.742. The molecule has 0 heterocycles. The number of amides is 1. The summed E-state index contributed by atoms with van der Waals surface area (Å²) in [5.74, 6) is 0.200. The summed E-state index contributed by atoms with van der Waals surface area (Å²) < 4.78 is 0.366. The average Bonchev–Trinajstić information content (AvgIpc) is 3.01. The molecule has 0 saturated heterocycles. The molecule has 2 saturated carbocycles. The Balaban J connectivity index is 1.72. The monoisotopic (exact) mass is 242 g/mol. The Bertz CT molecular complexity index is 267. The van der Waals surface area contributed by atoms with E-state index in [4.69, 9.17) is 5.73 Å². The van der Waals surface area contributed by atoms with Crippen molar-refractivity contribution in [3.63, 3.8) is 0 Å². The number of hydrogen-bond acceptors (Lipinski definition) is 3. The lowest BCUT2D eigenvalue weighted by Gasteiger charge is -2.40. The van der Waals surface area contributed by atoms with Gasteiger partial charge in [-0.1, -0.05) is 6.42 Å². The molecule has 3 nitrogen and oxygen atoms in total. The van der Waals surface area contributed by atoms with Gasteiger partial charge in [0.25, 0.3) is 0 Å². The van der Waals surface area contributed by atoms with E-state index in [1.54, 1.807) is 0 Å². The van der Waals surface area contributed by atoms with E-state index in [9.17, 15) is 4.79 Å². The first-order valence-electron chi connectivity index (χ1n) is 6.16. The zero-order valence-corrected chi connectivity index (χ0v) is 10.9. The van der Waals surface area contributed by atoms with Gasteiger partial charge in [-0.25, -0.2) is 0 Å². The van der Waals surface area contributed by atoms with Gasteiger partial charge in [0.1, 0.15) is 0 Å². The van der Waals surface area contributed by atoms with Gasteiger partial charge in [-0.05, 0) is 43.9 Å². The van der Waals surface area contributed by atoms with E-state index in [1.807, 2.05) is 11.8 Å². The van der Waals surface area contributed by atoms with Crippen molar-refractivity contribution in [2.75, 3.05) is 19.3 Å². The summed E-state index contributed by atoms with van der Waals surface area (Å²) in [6, 6.07) is 0. The largest absolute Gasteiger partial charge is 0.355 e. The molecule has 0 radical (unpaired) electrons. The Morgan fingerprint density at radius 1 is 1.38 bits per heavy atom. The minimum absolute atomic E-state index is 0.139. The summed E-state index contributed by atoms with van der Waals surface area (Å²) in [6.07, 6.45) is 8.75. The van der Waals surface area contributed by atoms with Crippen LogP contribution < -0.4 is 11.1 Å². The summed E-state index contributed by atoms with van der Waals surface area (Å²) in [5.41, 5.74) is 5.89. The second-order valence-corrected chi connectivity index (χ2v) is 6.67. The zero-order chi connectivity index (χ0) is 11.6. The van der Waals surface area contributed by atoms with E-state index < -0.39 is 0 Å². The van der Waals surface area contributed by atoms with Crippen molar-refractivity contribution in [2.45, 2.75) is 43.3 Å². The molecular weight excluding hydrogens is 220 g/mol. The van der Waals surface area contributed by atoms with Gasteiger partial charge >= 0.3 is 0 Å². The van der Waals surface area contributed by atoms with Crippen LogP contribution in [-0.4, -0.2) is 30.0 Å². The second-order valence-electron chi connectivity index (χ2n) is 5.40. The third-order valence-corrected chi connectivity index (χ3v) is 5.65. The summed E-state index contributed by atoms with van der Waals surface area (Å²) in [6.45, 7) is 1.50. The third-order valence-electron chi connectivity index (χ3n) is 4.23. The number of thioether (sulfide) groups is 1. The maximum Gasteiger partial charge on any atom is 0.220 e. The Morgan fingerprint density at radius 3 is 2.44 bits per heavy atom. The van der Waals surface area contributed by atoms with Gasteiger partial charge in [-0.15, -0.1) is 0 Å². The molecule has 0 spiro atoms. The van der Waals surface area contributed by atoms with E-state index in [1.165, 1.54) is 19.3 Å². The number of carbonyl (C=O) groups is 1. The van der Waals surface area contributed by atoms with Crippen LogP contribution in [0.3, 0.4) is 0 Å². The van der Waals surface area contributed by atoms with Gasteiger partial charge in [0, 0.05) is 17.7 Å². The van der Waals surface area contributed by atoms with Gasteiger partial charge in [0.15, 0.2) is 0 Å². The fraction of sp³-hybridized carbons (Fsp3) is 0.917. The molecule has 4 heteroatoms. The Labute approximate surface area is 102 Å². The minimum atomic E-state index is 0.139. The molecule has 2 aliphatic carbocycles. The minimum Gasteiger partial charge on any atom is -0.355 e. The Kier molecular flexibility index (Phi) is 3.50. The smallest absolute Gasteiger partial charge is 0.220 e. The van der Waals surface area contributed by atoms with Crippen molar-refractivity contribution >= 4 is 17.7 Å². The van der Waals surface area contributed by atoms with Crippen LogP contribution in [0.15, 0.2) is 0 Å². The molecule has 0 aromatic heterocycles. The van der Waals surface area contributed by atoms with Crippen molar-refractivity contribution in [1.29, 1.82) is 0 Å². The molecule has 1 amide bonds. The normalized spacial score (nSPS) is 24.6. The third kappa shape index (κ3) is 2.54. The molecule has 0 bridgehead atoms. The first kappa shape index (κ1) is 12.2. The van der Waals surface area contributed by atoms with E-state index in [0.717, 1.165) is 19.4 Å². The predicted octanol–water partition coefficient (Wildman–Crippen LogP) is 1.52. The standard InChI is InChI=1S/C12H22N2OS/c1-16-12(5-6-12)9-14-10(15)7-11(8-13)3-2-4-11/h2-9,13H2,1H3,(H,14,15). The van der Waals surface area contributed by atoms with Crippen LogP contribution in [0.2, 0.25) is 0 Å². The summed E-state index contributed by atoms with van der Waals surface area (Å²) in [4.78, 5) is 11.8. The highest BCUT2D eigenvalue weighted by Crippen LogP contribution is 2.47. The molecule has 2 aliphatic rings. The summed E-state index contributed by atoms with van der Waals surface area (Å²) in [5, 5.41) is 3.08. The van der Waals surface area contributed by atoms with Crippen LogP contribution in [0.4, 0.5) is 0 Å². The van der Waals surface area contributed by atoms with Crippen LogP contribution in [0.25, 0.3) is 0 Å². The first-order chi connectivity index (χ1) is 7.64. The summed E-state index contributed by atoms with van der Waals surface area (Å²) >= 11 is 1.88. The van der Waals surface area contributed by atoms with Crippen LogP contribution in [-0.2, 0) is 4.79 Å². The topological polar surface area (TPSA) is 55.1 Å². The fourth-order valence-corrected chi connectivity index (χ4v) is 3.11. The molecule has 0 unspecified atom stereocenters. The number of nitrogens with two attached hydrogens (primary N) is 1. The van der Waals surface area contributed by atoms with Crippen molar-refractivity contribution < 1.29 is 4.79 Å². The average molecular weight is 242 g/mol. The van der Waals surface area contributed by atoms with Crippen molar-refractivity contribution in [3.8, 4) is 0 Å². The Hall–Kier alpha value is -0.220. The lowest BCUT2D eigenvalue weighted by Crippen LogP contribution is -2.43. The highest BCUT2D eigenvalue weighted by atomic mass is 32.2. The molecular formula is C12H22N2OS. The van der Waals surface area contributed by atoms with Crippen LogP contribution in [0, 0.1) is 5.41 Å². The van der Waals surface area contributed by atoms with Crippen molar-refractivity contribution in [2.24, 2.45) is 11.1 Å². The molecule has 92 valence electrons. The van der Waals surface area contributed by atoms with Gasteiger partial charge in [0.2, 0.25) is 5.91 Å². The van der Waals surface area contributed by atoms with Gasteiger partial charge in [-0.3, -0.25) is 4.79 Å². The van der Waals surface area contributed by atoms with Crippen LogP contribution >= 0.6 is 11.8 Å². The highest BCUT2D eigenvalue weighted by Gasteiger charge is 2.43. The van der Waals surface area contributed by atoms with Gasteiger partial charge < -0.3 is 11.1 Å². The molecule has 16 heavy (non-hydrogen) atoms. The van der Waals surface area contributed by atoms with Gasteiger partial charge in [-0.2, -0.15) is 11.8 Å². The lowest BCUT2D eigenvalue weighted by atomic mass is 9.66.